The molecule has 1 aromatic rings. The molecule has 1 aliphatic heterocycles. The Hall–Kier alpha value is -2.08. The van der Waals surface area contributed by atoms with Gasteiger partial charge >= 0.3 is 5.97 Å². The van der Waals surface area contributed by atoms with Crippen LogP contribution in [0.4, 0.5) is 0 Å². The van der Waals surface area contributed by atoms with E-state index in [0.717, 1.165) is 11.3 Å². The summed E-state index contributed by atoms with van der Waals surface area (Å²) in [4.78, 5) is 24.7. The van der Waals surface area contributed by atoms with Crippen molar-refractivity contribution in [2.75, 3.05) is 26.9 Å². The Morgan fingerprint density at radius 2 is 2.10 bits per heavy atom. The molecule has 1 heterocycles. The third-order valence-electron chi connectivity index (χ3n) is 3.52. The summed E-state index contributed by atoms with van der Waals surface area (Å²) in [6.45, 7) is 0.778. The third-order valence-corrected chi connectivity index (χ3v) is 3.52. The molecule has 0 bridgehead atoms. The van der Waals surface area contributed by atoms with E-state index in [0.29, 0.717) is 19.6 Å². The lowest BCUT2D eigenvalue weighted by Gasteiger charge is -2.32. The van der Waals surface area contributed by atoms with Gasteiger partial charge in [-0.15, -0.1) is 0 Å². The number of carboxylic acids is 1. The molecule has 6 heteroatoms. The van der Waals surface area contributed by atoms with Gasteiger partial charge in [0, 0.05) is 13.0 Å². The largest absolute Gasteiger partial charge is 0.497 e. The van der Waals surface area contributed by atoms with E-state index in [1.807, 2.05) is 24.3 Å². The number of rotatable bonds is 5. The Morgan fingerprint density at radius 1 is 1.38 bits per heavy atom. The molecule has 1 N–H and O–H groups in total. The number of aryl methyl sites for hydroxylation is 1. The molecule has 1 saturated heterocycles. The first-order valence-corrected chi connectivity index (χ1v) is 6.85. The minimum atomic E-state index is -1.02. The van der Waals surface area contributed by atoms with E-state index in [9.17, 15) is 9.59 Å². The SMILES string of the molecule is COc1ccc(CCC(=O)N2CCOC[C@@H]2C(=O)O)cc1. The molecule has 114 valence electrons. The van der Waals surface area contributed by atoms with Crippen molar-refractivity contribution in [3.05, 3.63) is 29.8 Å². The molecule has 21 heavy (non-hydrogen) atoms. The number of methoxy groups -OCH3 is 1. The maximum atomic E-state index is 12.2. The lowest BCUT2D eigenvalue weighted by Crippen LogP contribution is -2.52. The number of carboxylic acid groups (broad SMARTS) is 1. The fraction of sp³-hybridized carbons (Fsp3) is 0.467. The Bertz CT molecular complexity index is 499. The molecular formula is C15H19NO5. The average Bonchev–Trinajstić information content (AvgIpc) is 2.53. The van der Waals surface area contributed by atoms with Crippen molar-refractivity contribution in [3.63, 3.8) is 0 Å². The second-order valence-electron chi connectivity index (χ2n) is 4.86. The smallest absolute Gasteiger partial charge is 0.328 e. The average molecular weight is 293 g/mol. The topological polar surface area (TPSA) is 76.1 Å². The van der Waals surface area contributed by atoms with Gasteiger partial charge < -0.3 is 19.5 Å². The molecule has 1 amide bonds. The minimum absolute atomic E-state index is 0.0591. The van der Waals surface area contributed by atoms with Gasteiger partial charge in [-0.1, -0.05) is 12.1 Å². The summed E-state index contributed by atoms with van der Waals surface area (Å²) in [6, 6.07) is 6.62. The van der Waals surface area contributed by atoms with Crippen molar-refractivity contribution in [2.45, 2.75) is 18.9 Å². The zero-order chi connectivity index (χ0) is 15.2. The number of carbonyl (C=O) groups is 2. The summed E-state index contributed by atoms with van der Waals surface area (Å²) in [5, 5.41) is 9.11. The van der Waals surface area contributed by atoms with Gasteiger partial charge in [-0.25, -0.2) is 4.79 Å². The van der Waals surface area contributed by atoms with E-state index in [2.05, 4.69) is 0 Å². The summed E-state index contributed by atoms with van der Waals surface area (Å²) >= 11 is 0. The van der Waals surface area contributed by atoms with E-state index in [1.165, 1.54) is 4.90 Å². The summed E-state index contributed by atoms with van der Waals surface area (Å²) in [5.41, 5.74) is 1.02. The first-order valence-electron chi connectivity index (χ1n) is 6.85. The Kier molecular flexibility index (Phi) is 5.16. The minimum Gasteiger partial charge on any atom is -0.497 e. The highest BCUT2D eigenvalue weighted by atomic mass is 16.5. The summed E-state index contributed by atoms with van der Waals surface area (Å²) in [5.74, 6) is -0.404. The van der Waals surface area contributed by atoms with E-state index in [-0.39, 0.29) is 18.9 Å². The van der Waals surface area contributed by atoms with Crippen molar-refractivity contribution >= 4 is 11.9 Å². The van der Waals surface area contributed by atoms with Crippen LogP contribution >= 0.6 is 0 Å². The third kappa shape index (κ3) is 3.95. The fourth-order valence-electron chi connectivity index (χ4n) is 2.29. The molecule has 1 aromatic carbocycles. The molecule has 6 nitrogen and oxygen atoms in total. The van der Waals surface area contributed by atoms with Crippen molar-refractivity contribution in [2.24, 2.45) is 0 Å². The number of ether oxygens (including phenoxy) is 2. The molecule has 1 atom stereocenters. The van der Waals surface area contributed by atoms with E-state index >= 15 is 0 Å². The number of hydrogen-bond acceptors (Lipinski definition) is 4. The molecule has 0 aliphatic carbocycles. The normalized spacial score (nSPS) is 18.3. The van der Waals surface area contributed by atoms with Gasteiger partial charge in [0.2, 0.25) is 5.91 Å². The lowest BCUT2D eigenvalue weighted by atomic mass is 10.1. The molecule has 0 aromatic heterocycles. The second-order valence-corrected chi connectivity index (χ2v) is 4.86. The maximum absolute atomic E-state index is 12.2. The van der Waals surface area contributed by atoms with E-state index in [1.54, 1.807) is 7.11 Å². The van der Waals surface area contributed by atoms with Crippen molar-refractivity contribution in [1.82, 2.24) is 4.90 Å². The van der Waals surface area contributed by atoms with Crippen LogP contribution in [0.3, 0.4) is 0 Å². The zero-order valence-electron chi connectivity index (χ0n) is 11.9. The van der Waals surface area contributed by atoms with Gasteiger partial charge in [0.1, 0.15) is 5.75 Å². The van der Waals surface area contributed by atoms with Crippen molar-refractivity contribution < 1.29 is 24.2 Å². The molecule has 0 saturated carbocycles. The number of hydrogen-bond donors (Lipinski definition) is 1. The quantitative estimate of drug-likeness (QED) is 0.874. The van der Waals surface area contributed by atoms with Gasteiger partial charge in [-0.3, -0.25) is 4.79 Å². The molecule has 2 rings (SSSR count). The highest BCUT2D eigenvalue weighted by molar-refractivity contribution is 5.84. The van der Waals surface area contributed by atoms with Crippen LogP contribution in [0.25, 0.3) is 0 Å². The van der Waals surface area contributed by atoms with Crippen LogP contribution in [0.5, 0.6) is 5.75 Å². The number of amides is 1. The van der Waals surface area contributed by atoms with E-state index < -0.39 is 12.0 Å². The molecule has 0 unspecified atom stereocenters. The molecule has 0 radical (unpaired) electrons. The second kappa shape index (κ2) is 7.08. The number of benzene rings is 1. The van der Waals surface area contributed by atoms with E-state index in [4.69, 9.17) is 14.6 Å². The molecular weight excluding hydrogens is 274 g/mol. The fourth-order valence-corrected chi connectivity index (χ4v) is 2.29. The van der Waals surface area contributed by atoms with Gasteiger partial charge in [-0.05, 0) is 24.1 Å². The number of morpholine rings is 1. The van der Waals surface area contributed by atoms with Crippen LogP contribution in [0.2, 0.25) is 0 Å². The maximum Gasteiger partial charge on any atom is 0.328 e. The summed E-state index contributed by atoms with van der Waals surface area (Å²) in [6.07, 6.45) is 0.864. The highest BCUT2D eigenvalue weighted by Crippen LogP contribution is 2.14. The molecule has 1 aliphatic rings. The van der Waals surface area contributed by atoms with Gasteiger partial charge in [-0.2, -0.15) is 0 Å². The first-order chi connectivity index (χ1) is 10.1. The Balaban J connectivity index is 1.91. The Labute approximate surface area is 123 Å². The van der Waals surface area contributed by atoms with Crippen LogP contribution < -0.4 is 4.74 Å². The predicted octanol–water partition coefficient (Wildman–Crippen LogP) is 0.940. The standard InChI is InChI=1S/C15H19NO5/c1-20-12-5-2-11(3-6-12)4-7-14(17)16-8-9-21-10-13(16)15(18)19/h2-3,5-6,13H,4,7-10H2,1H3,(H,18,19)/t13-/m1/s1. The zero-order valence-corrected chi connectivity index (χ0v) is 11.9. The highest BCUT2D eigenvalue weighted by Gasteiger charge is 2.32. The van der Waals surface area contributed by atoms with Crippen LogP contribution in [-0.4, -0.2) is 54.8 Å². The van der Waals surface area contributed by atoms with Crippen molar-refractivity contribution in [3.8, 4) is 5.75 Å². The van der Waals surface area contributed by atoms with Gasteiger partial charge in [0.25, 0.3) is 0 Å². The van der Waals surface area contributed by atoms with Crippen LogP contribution in [0.15, 0.2) is 24.3 Å². The van der Waals surface area contributed by atoms with Crippen LogP contribution in [-0.2, 0) is 20.7 Å². The summed E-state index contributed by atoms with van der Waals surface area (Å²) in [7, 11) is 1.60. The Morgan fingerprint density at radius 3 is 2.71 bits per heavy atom. The van der Waals surface area contributed by atoms with Crippen molar-refractivity contribution in [1.29, 1.82) is 0 Å². The van der Waals surface area contributed by atoms with Crippen LogP contribution in [0, 0.1) is 0 Å². The predicted molar refractivity (Wildman–Crippen MR) is 75.3 cm³/mol. The molecule has 1 fully saturated rings. The number of aliphatic carboxylic acids is 1. The van der Waals surface area contributed by atoms with Gasteiger partial charge in [0.15, 0.2) is 6.04 Å². The van der Waals surface area contributed by atoms with Crippen LogP contribution in [0.1, 0.15) is 12.0 Å². The van der Waals surface area contributed by atoms with Gasteiger partial charge in [0.05, 0.1) is 20.3 Å². The summed E-state index contributed by atoms with van der Waals surface area (Å²) < 4.78 is 10.2. The number of nitrogens with zero attached hydrogens (tertiary/aromatic N) is 1. The number of carbonyl (C=O) groups excluding carboxylic acids is 1. The molecule has 0 spiro atoms. The monoisotopic (exact) mass is 293 g/mol. The lowest BCUT2D eigenvalue weighted by molar-refractivity contribution is -0.158. The first kappa shape index (κ1) is 15.3.